The van der Waals surface area contributed by atoms with E-state index in [9.17, 15) is 33.6 Å². The number of unbranched alkanes of at least 4 members (excludes halogenated alkanes) is 3. The zero-order chi connectivity index (χ0) is 43.7. The Bertz CT molecular complexity index is 1780. The van der Waals surface area contributed by atoms with E-state index in [0.717, 1.165) is 47.6 Å². The van der Waals surface area contributed by atoms with E-state index < -0.39 is 103 Å². The average molecular weight is 867 g/mol. The maximum absolute atomic E-state index is 14.3. The highest BCUT2D eigenvalue weighted by Gasteiger charge is 2.62. The molecule has 1 unspecified atom stereocenters. The molecule has 324 valence electrons. The van der Waals surface area contributed by atoms with Crippen LogP contribution in [-0.2, 0) is 73.1 Å². The van der Waals surface area contributed by atoms with Crippen LogP contribution in [0.3, 0.4) is 0 Å². The molecular formula is C39H51ClN4O14S. The molecule has 1 aromatic carbocycles. The van der Waals surface area contributed by atoms with E-state index in [0.29, 0.717) is 23.4 Å². The normalized spacial score (nSPS) is 20.1. The van der Waals surface area contributed by atoms with Gasteiger partial charge in [0, 0.05) is 51.5 Å². The lowest BCUT2D eigenvalue weighted by molar-refractivity contribution is -0.257. The van der Waals surface area contributed by atoms with E-state index in [-0.39, 0.29) is 18.0 Å². The first-order valence-electron chi connectivity index (χ1n) is 18.9. The summed E-state index contributed by atoms with van der Waals surface area (Å²) < 4.78 is 42.0. The Morgan fingerprint density at radius 3 is 2.22 bits per heavy atom. The van der Waals surface area contributed by atoms with Crippen molar-refractivity contribution in [1.82, 2.24) is 20.2 Å². The second kappa shape index (κ2) is 23.5. The number of benzene rings is 1. The number of aromatic nitrogens is 2. The van der Waals surface area contributed by atoms with Crippen molar-refractivity contribution in [2.75, 3.05) is 20.3 Å². The van der Waals surface area contributed by atoms with Gasteiger partial charge in [-0.3, -0.25) is 33.3 Å². The highest BCUT2D eigenvalue weighted by molar-refractivity contribution is 7.80. The fraction of sp³-hybridized carbons (Fsp3) is 0.564. The number of carbonyl (C=O) groups is 7. The van der Waals surface area contributed by atoms with Crippen LogP contribution >= 0.6 is 23.8 Å². The van der Waals surface area contributed by atoms with Crippen molar-refractivity contribution in [1.29, 1.82) is 0 Å². The maximum atomic E-state index is 14.3. The van der Waals surface area contributed by atoms with Crippen molar-refractivity contribution in [3.8, 4) is 0 Å². The highest BCUT2D eigenvalue weighted by atomic mass is 35.5. The first-order chi connectivity index (χ1) is 28.0. The predicted octanol–water partition coefficient (Wildman–Crippen LogP) is 2.93. The molecule has 18 nitrogen and oxygen atoms in total. The quantitative estimate of drug-likeness (QED) is 0.0845. The van der Waals surface area contributed by atoms with Gasteiger partial charge in [0.25, 0.3) is 11.1 Å². The van der Waals surface area contributed by atoms with Crippen LogP contribution in [0.15, 0.2) is 43.0 Å². The lowest BCUT2D eigenvalue weighted by Gasteiger charge is -2.51. The largest absolute Gasteiger partial charge is 0.467 e. The zero-order valence-corrected chi connectivity index (χ0v) is 35.3. The van der Waals surface area contributed by atoms with E-state index in [4.69, 9.17) is 57.0 Å². The fourth-order valence-electron chi connectivity index (χ4n) is 6.56. The zero-order valence-electron chi connectivity index (χ0n) is 33.8. The Morgan fingerprint density at radius 2 is 1.64 bits per heavy atom. The number of nitrogens with zero attached hydrogens (tertiary/aromatic N) is 2. The molecule has 0 radical (unpaired) electrons. The molecule has 0 aliphatic carbocycles. The van der Waals surface area contributed by atoms with Crippen molar-refractivity contribution in [3.05, 3.63) is 53.6 Å². The van der Waals surface area contributed by atoms with Gasteiger partial charge < -0.3 is 43.8 Å². The summed E-state index contributed by atoms with van der Waals surface area (Å²) in [5.41, 5.74) is -1.63. The van der Waals surface area contributed by atoms with Gasteiger partial charge in [-0.1, -0.05) is 49.9 Å². The lowest BCUT2D eigenvalue weighted by Crippen LogP contribution is -2.72. The van der Waals surface area contributed by atoms with E-state index in [1.54, 1.807) is 24.3 Å². The topological polar surface area (TPSA) is 226 Å². The first-order valence-corrected chi connectivity index (χ1v) is 19.7. The molecule has 2 heterocycles. The summed E-state index contributed by atoms with van der Waals surface area (Å²) in [5, 5.41) is 5.61. The molecular weight excluding hydrogens is 816 g/mol. The minimum atomic E-state index is -2.23. The molecule has 2 amide bonds. The van der Waals surface area contributed by atoms with Crippen LogP contribution in [0.25, 0.3) is 0 Å². The Balaban J connectivity index is 2.25. The highest BCUT2D eigenvalue weighted by Crippen LogP contribution is 2.41. The number of thiocarbonyl (C=S) groups is 1. The number of imidazole rings is 1. The molecule has 3 rings (SSSR count). The average Bonchev–Trinajstić information content (AvgIpc) is 3.72. The minimum Gasteiger partial charge on any atom is -0.467 e. The standard InChI is InChI=1S/C39H51ClN4O14S/c1-7-8-9-10-11-31(57-38(59)44-17-16-41-22-44)39(37(51)52-6)19-29(54-24(3)46)34(43-33(50)21-53-23(2)45)36(58-39)35(56-26(5)48)30(55-25(4)47)20-42-32(49)18-27-12-14-28(40)15-13-27/h12-17,22,29-31,34-36H,7-11,18-21H2,1-6H3,(H,42,49)(H,43,50)/t29-,30+,31?,34+,35+,36+,39-/m0/s1. The van der Waals surface area contributed by atoms with Crippen molar-refractivity contribution in [2.45, 2.75) is 122 Å². The molecule has 1 aromatic heterocycles. The Hall–Kier alpha value is -5.14. The molecule has 20 heteroatoms. The number of methoxy groups -OCH3 is 1. The molecule has 0 bridgehead atoms. The van der Waals surface area contributed by atoms with Gasteiger partial charge in [0.1, 0.15) is 24.6 Å². The van der Waals surface area contributed by atoms with Gasteiger partial charge in [-0.15, -0.1) is 0 Å². The van der Waals surface area contributed by atoms with Gasteiger partial charge in [0.05, 0.1) is 26.1 Å². The SMILES string of the molecule is CCCCCCC(OC(=S)n1ccnc1)[C@]1(C(=O)OC)C[C@H](OC(C)=O)[C@@H](NC(=O)COC(C)=O)[C@H]([C@H](OC(C)=O)[C@@H](CNC(=O)Cc2ccc(Cl)cc2)OC(C)=O)O1. The van der Waals surface area contributed by atoms with Crippen LogP contribution in [0.2, 0.25) is 5.02 Å². The predicted molar refractivity (Wildman–Crippen MR) is 211 cm³/mol. The van der Waals surface area contributed by atoms with Crippen LogP contribution in [0.4, 0.5) is 0 Å². The minimum absolute atomic E-state index is 0.120. The molecule has 2 N–H and O–H groups in total. The number of hydrogen-bond acceptors (Lipinski definition) is 16. The van der Waals surface area contributed by atoms with Gasteiger partial charge >= 0.3 is 29.8 Å². The molecule has 0 spiro atoms. The molecule has 0 saturated carbocycles. The molecule has 59 heavy (non-hydrogen) atoms. The van der Waals surface area contributed by atoms with Gasteiger partial charge in [-0.25, -0.2) is 9.78 Å². The maximum Gasteiger partial charge on any atom is 0.342 e. The second-order valence-corrected chi connectivity index (χ2v) is 14.5. The van der Waals surface area contributed by atoms with Gasteiger partial charge in [0.15, 0.2) is 18.8 Å². The molecule has 1 fully saturated rings. The smallest absolute Gasteiger partial charge is 0.342 e. The van der Waals surface area contributed by atoms with Crippen LogP contribution < -0.4 is 10.6 Å². The van der Waals surface area contributed by atoms with Crippen LogP contribution in [0, 0.1) is 0 Å². The Labute approximate surface area is 352 Å². The van der Waals surface area contributed by atoms with Crippen molar-refractivity contribution < 1.29 is 66.7 Å². The van der Waals surface area contributed by atoms with Crippen LogP contribution in [0.5, 0.6) is 0 Å². The van der Waals surface area contributed by atoms with Crippen molar-refractivity contribution in [2.24, 2.45) is 0 Å². The summed E-state index contributed by atoms with van der Waals surface area (Å²) in [5.74, 6) is -5.88. The van der Waals surface area contributed by atoms with Crippen molar-refractivity contribution >= 4 is 70.7 Å². The number of carbonyl (C=O) groups excluding carboxylic acids is 7. The summed E-state index contributed by atoms with van der Waals surface area (Å²) >= 11 is 11.6. The number of amides is 2. The molecule has 2 aromatic rings. The summed E-state index contributed by atoms with van der Waals surface area (Å²) in [7, 11) is 1.10. The Kier molecular flexibility index (Phi) is 19.2. The van der Waals surface area contributed by atoms with Crippen LogP contribution in [-0.4, -0.2) is 119 Å². The summed E-state index contributed by atoms with van der Waals surface area (Å²) in [6.45, 7) is 5.05. The summed E-state index contributed by atoms with van der Waals surface area (Å²) in [6.07, 6.45) is -1.08. The number of rotatable bonds is 20. The van der Waals surface area contributed by atoms with Gasteiger partial charge in [-0.2, -0.15) is 0 Å². The van der Waals surface area contributed by atoms with E-state index in [1.165, 1.54) is 23.3 Å². The number of hydrogen-bond donors (Lipinski definition) is 2. The number of halogens is 1. The second-order valence-electron chi connectivity index (χ2n) is 13.7. The number of nitrogens with one attached hydrogen (secondary N) is 2. The monoisotopic (exact) mass is 866 g/mol. The van der Waals surface area contributed by atoms with E-state index in [1.807, 2.05) is 6.92 Å². The number of esters is 5. The van der Waals surface area contributed by atoms with E-state index >= 15 is 0 Å². The van der Waals surface area contributed by atoms with Gasteiger partial charge in [-0.05, 0) is 42.8 Å². The number of ether oxygens (including phenoxy) is 7. The molecule has 1 saturated heterocycles. The molecule has 1 aliphatic rings. The van der Waals surface area contributed by atoms with Gasteiger partial charge in [0.2, 0.25) is 11.5 Å². The molecule has 7 atom stereocenters. The third-order valence-electron chi connectivity index (χ3n) is 9.07. The third-order valence-corrected chi connectivity index (χ3v) is 9.63. The molecule has 1 aliphatic heterocycles. The first kappa shape index (κ1) is 48.2. The third kappa shape index (κ3) is 14.9. The summed E-state index contributed by atoms with van der Waals surface area (Å²) in [6, 6.07) is 5.00. The lowest BCUT2D eigenvalue weighted by atomic mass is 9.78. The Morgan fingerprint density at radius 1 is 0.949 bits per heavy atom. The van der Waals surface area contributed by atoms with E-state index in [2.05, 4.69) is 15.6 Å². The summed E-state index contributed by atoms with van der Waals surface area (Å²) in [4.78, 5) is 95.0. The fourth-order valence-corrected chi connectivity index (χ4v) is 6.91. The van der Waals surface area contributed by atoms with Crippen LogP contribution in [0.1, 0.15) is 78.7 Å². The van der Waals surface area contributed by atoms with Crippen molar-refractivity contribution in [3.63, 3.8) is 0 Å².